The highest BCUT2D eigenvalue weighted by atomic mass is 16.6. The molecule has 2 aromatic rings. The highest BCUT2D eigenvalue weighted by Crippen LogP contribution is 2.37. The number of nitrogens with zero attached hydrogens (tertiary/aromatic N) is 1. The van der Waals surface area contributed by atoms with Crippen molar-refractivity contribution in [3.63, 3.8) is 0 Å². The number of ether oxygens (including phenoxy) is 3. The van der Waals surface area contributed by atoms with Crippen molar-refractivity contribution in [1.29, 1.82) is 0 Å². The number of benzene rings is 2. The summed E-state index contributed by atoms with van der Waals surface area (Å²) in [6, 6.07) is 13.1. The maximum atomic E-state index is 13.0. The quantitative estimate of drug-likeness (QED) is 0.860. The molecule has 4 rings (SSSR count). The van der Waals surface area contributed by atoms with Crippen molar-refractivity contribution in [2.75, 3.05) is 26.9 Å². The SMILES string of the molecule is COc1ccc(CN2CCCC(C(O)c3ccc4c(c3)OCCO4)C2=O)cc1. The number of methoxy groups -OCH3 is 1. The molecule has 1 N–H and O–H groups in total. The Balaban J connectivity index is 1.47. The fraction of sp³-hybridized carbons (Fsp3) is 0.409. The van der Waals surface area contributed by atoms with Crippen LogP contribution in [0.2, 0.25) is 0 Å². The number of fused-ring (bicyclic) bond motifs is 1. The molecule has 2 aliphatic rings. The first-order valence-corrected chi connectivity index (χ1v) is 9.65. The Labute approximate surface area is 164 Å². The average molecular weight is 383 g/mol. The molecule has 28 heavy (non-hydrogen) atoms. The number of piperidine rings is 1. The van der Waals surface area contributed by atoms with Gasteiger partial charge in [-0.3, -0.25) is 4.79 Å². The molecule has 6 nitrogen and oxygen atoms in total. The molecule has 0 saturated carbocycles. The zero-order valence-electron chi connectivity index (χ0n) is 16.0. The van der Waals surface area contributed by atoms with Gasteiger partial charge in [-0.1, -0.05) is 18.2 Å². The Kier molecular flexibility index (Phi) is 5.39. The molecule has 148 valence electrons. The number of carbonyl (C=O) groups excluding carboxylic acids is 1. The third kappa shape index (κ3) is 3.78. The number of aliphatic hydroxyl groups excluding tert-OH is 1. The molecule has 2 heterocycles. The Bertz CT molecular complexity index is 835. The summed E-state index contributed by atoms with van der Waals surface area (Å²) < 4.78 is 16.3. The van der Waals surface area contributed by atoms with Crippen LogP contribution < -0.4 is 14.2 Å². The van der Waals surface area contributed by atoms with Gasteiger partial charge in [0.25, 0.3) is 0 Å². The summed E-state index contributed by atoms with van der Waals surface area (Å²) in [6.07, 6.45) is 0.684. The number of hydrogen-bond acceptors (Lipinski definition) is 5. The average Bonchev–Trinajstić information content (AvgIpc) is 2.75. The van der Waals surface area contributed by atoms with Gasteiger partial charge in [0.1, 0.15) is 19.0 Å². The van der Waals surface area contributed by atoms with Crippen molar-refractivity contribution < 1.29 is 24.1 Å². The molecule has 2 aliphatic heterocycles. The number of aliphatic hydroxyl groups is 1. The number of rotatable bonds is 5. The van der Waals surface area contributed by atoms with Gasteiger partial charge in [-0.2, -0.15) is 0 Å². The number of likely N-dealkylation sites (tertiary alicyclic amines) is 1. The molecule has 0 bridgehead atoms. The van der Waals surface area contributed by atoms with E-state index in [0.717, 1.165) is 17.7 Å². The van der Waals surface area contributed by atoms with Crippen LogP contribution >= 0.6 is 0 Å². The third-order valence-corrected chi connectivity index (χ3v) is 5.39. The van der Waals surface area contributed by atoms with Crippen LogP contribution in [-0.2, 0) is 11.3 Å². The zero-order valence-corrected chi connectivity index (χ0v) is 16.0. The first-order chi connectivity index (χ1) is 13.7. The summed E-state index contributed by atoms with van der Waals surface area (Å²) in [7, 11) is 1.63. The van der Waals surface area contributed by atoms with Gasteiger partial charge in [0, 0.05) is 13.1 Å². The van der Waals surface area contributed by atoms with Gasteiger partial charge in [-0.15, -0.1) is 0 Å². The van der Waals surface area contributed by atoms with Gasteiger partial charge in [0.05, 0.1) is 19.1 Å². The van der Waals surface area contributed by atoms with Crippen LogP contribution in [0.15, 0.2) is 42.5 Å². The summed E-state index contributed by atoms with van der Waals surface area (Å²) in [5.74, 6) is 1.64. The minimum Gasteiger partial charge on any atom is -0.497 e. The second-order valence-electron chi connectivity index (χ2n) is 7.20. The normalized spacial score (nSPS) is 20.0. The first kappa shape index (κ1) is 18.6. The molecule has 0 aromatic heterocycles. The molecule has 2 unspecified atom stereocenters. The second kappa shape index (κ2) is 8.10. The van der Waals surface area contributed by atoms with Crippen molar-refractivity contribution in [2.45, 2.75) is 25.5 Å². The molecule has 2 aromatic carbocycles. The summed E-state index contributed by atoms with van der Waals surface area (Å²) >= 11 is 0. The number of hydrogen-bond donors (Lipinski definition) is 1. The van der Waals surface area contributed by atoms with Crippen molar-refractivity contribution in [3.8, 4) is 17.2 Å². The maximum Gasteiger partial charge on any atom is 0.228 e. The summed E-state index contributed by atoms with van der Waals surface area (Å²) in [5.41, 5.74) is 1.73. The van der Waals surface area contributed by atoms with Crippen LogP contribution in [0.3, 0.4) is 0 Å². The molecule has 1 amide bonds. The molecule has 1 fully saturated rings. The monoisotopic (exact) mass is 383 g/mol. The van der Waals surface area contributed by atoms with Gasteiger partial charge in [0.15, 0.2) is 11.5 Å². The zero-order chi connectivity index (χ0) is 19.5. The van der Waals surface area contributed by atoms with Crippen molar-refractivity contribution in [3.05, 3.63) is 53.6 Å². The molecule has 2 atom stereocenters. The molecular weight excluding hydrogens is 358 g/mol. The third-order valence-electron chi connectivity index (χ3n) is 5.39. The van der Waals surface area contributed by atoms with Gasteiger partial charge in [0.2, 0.25) is 5.91 Å². The van der Waals surface area contributed by atoms with Gasteiger partial charge >= 0.3 is 0 Å². The van der Waals surface area contributed by atoms with Crippen molar-refractivity contribution >= 4 is 5.91 Å². The van der Waals surface area contributed by atoms with Crippen LogP contribution in [0.4, 0.5) is 0 Å². The van der Waals surface area contributed by atoms with E-state index in [2.05, 4.69) is 0 Å². The van der Waals surface area contributed by atoms with E-state index < -0.39 is 12.0 Å². The van der Waals surface area contributed by atoms with Crippen LogP contribution in [0, 0.1) is 5.92 Å². The summed E-state index contributed by atoms with van der Waals surface area (Å²) in [5, 5.41) is 10.9. The molecule has 6 heteroatoms. The predicted molar refractivity (Wildman–Crippen MR) is 104 cm³/mol. The van der Waals surface area contributed by atoms with E-state index in [9.17, 15) is 9.90 Å². The van der Waals surface area contributed by atoms with Gasteiger partial charge in [-0.25, -0.2) is 0 Å². The van der Waals surface area contributed by atoms with Gasteiger partial charge in [-0.05, 0) is 48.2 Å². The second-order valence-corrected chi connectivity index (χ2v) is 7.20. The minimum absolute atomic E-state index is 0.00976. The van der Waals surface area contributed by atoms with Crippen LogP contribution in [-0.4, -0.2) is 42.8 Å². The highest BCUT2D eigenvalue weighted by molar-refractivity contribution is 5.80. The molecule has 1 saturated heterocycles. The molecule has 0 spiro atoms. The Morgan fingerprint density at radius 2 is 1.89 bits per heavy atom. The lowest BCUT2D eigenvalue weighted by Crippen LogP contribution is -2.42. The van der Waals surface area contributed by atoms with E-state index in [1.165, 1.54) is 0 Å². The van der Waals surface area contributed by atoms with Crippen molar-refractivity contribution in [2.24, 2.45) is 5.92 Å². The fourth-order valence-electron chi connectivity index (χ4n) is 3.85. The first-order valence-electron chi connectivity index (χ1n) is 9.65. The van der Waals surface area contributed by atoms with E-state index in [1.807, 2.05) is 35.2 Å². The lowest BCUT2D eigenvalue weighted by molar-refractivity contribution is -0.143. The highest BCUT2D eigenvalue weighted by Gasteiger charge is 2.35. The van der Waals surface area contributed by atoms with Crippen LogP contribution in [0.25, 0.3) is 0 Å². The van der Waals surface area contributed by atoms with Crippen LogP contribution in [0.1, 0.15) is 30.1 Å². The molecule has 0 aliphatic carbocycles. The van der Waals surface area contributed by atoms with Crippen molar-refractivity contribution in [1.82, 2.24) is 4.90 Å². The van der Waals surface area contributed by atoms with E-state index in [4.69, 9.17) is 14.2 Å². The largest absolute Gasteiger partial charge is 0.497 e. The Morgan fingerprint density at radius 1 is 1.14 bits per heavy atom. The Morgan fingerprint density at radius 3 is 2.64 bits per heavy atom. The molecule has 0 radical (unpaired) electrons. The van der Waals surface area contributed by atoms with E-state index in [-0.39, 0.29) is 5.91 Å². The summed E-state index contributed by atoms with van der Waals surface area (Å²) in [6.45, 7) is 2.25. The fourth-order valence-corrected chi connectivity index (χ4v) is 3.85. The standard InChI is InChI=1S/C22H25NO5/c1-26-17-7-4-15(5-8-17)14-23-10-2-3-18(22(23)25)21(24)16-6-9-19-20(13-16)28-12-11-27-19/h4-9,13,18,21,24H,2-3,10-12,14H2,1H3. The number of amides is 1. The lowest BCUT2D eigenvalue weighted by atomic mass is 9.87. The Hall–Kier alpha value is -2.73. The summed E-state index contributed by atoms with van der Waals surface area (Å²) in [4.78, 5) is 14.9. The van der Waals surface area contributed by atoms with E-state index >= 15 is 0 Å². The van der Waals surface area contributed by atoms with E-state index in [1.54, 1.807) is 19.2 Å². The minimum atomic E-state index is -0.859. The smallest absolute Gasteiger partial charge is 0.228 e. The topological polar surface area (TPSA) is 68.2 Å². The van der Waals surface area contributed by atoms with Crippen LogP contribution in [0.5, 0.6) is 17.2 Å². The number of carbonyl (C=O) groups is 1. The predicted octanol–water partition coefficient (Wildman–Crippen LogP) is 2.94. The lowest BCUT2D eigenvalue weighted by Gasteiger charge is -2.35. The van der Waals surface area contributed by atoms with Gasteiger partial charge < -0.3 is 24.2 Å². The molecular formula is C22H25NO5. The maximum absolute atomic E-state index is 13.0. The van der Waals surface area contributed by atoms with E-state index in [0.29, 0.717) is 49.8 Å².